The Morgan fingerprint density at radius 2 is 1.64 bits per heavy atom. The second kappa shape index (κ2) is 11.2. The Balaban J connectivity index is 1.53. The van der Waals surface area contributed by atoms with E-state index in [-0.39, 0.29) is 29.9 Å². The van der Waals surface area contributed by atoms with Crippen molar-refractivity contribution in [3.63, 3.8) is 0 Å². The lowest BCUT2D eigenvalue weighted by atomic mass is 9.95. The molecular formula is C23H34N2O7S. The standard InChI is InChI=1S/C23H34N2O7S/c1-16(22(26)24-18-7-5-4-6-8-18)32-23(27)17-11-13-25(14-12-17)33(28,29)19-9-10-20(30-2)21(15-19)31-3/h9-10,15-18H,4-8,11-14H2,1-3H3,(H,24,26)/t16-/m0/s1. The Bertz CT molecular complexity index is 936. The number of piperidine rings is 1. The smallest absolute Gasteiger partial charge is 0.309 e. The number of sulfonamides is 1. The first-order valence-electron chi connectivity index (χ1n) is 11.5. The summed E-state index contributed by atoms with van der Waals surface area (Å²) in [5, 5.41) is 2.97. The highest BCUT2D eigenvalue weighted by Gasteiger charge is 2.34. The second-order valence-corrected chi connectivity index (χ2v) is 10.6. The molecule has 33 heavy (non-hydrogen) atoms. The van der Waals surface area contributed by atoms with Crippen LogP contribution in [-0.2, 0) is 24.3 Å². The van der Waals surface area contributed by atoms with E-state index in [1.165, 1.54) is 37.1 Å². The molecule has 1 heterocycles. The summed E-state index contributed by atoms with van der Waals surface area (Å²) in [5.41, 5.74) is 0. The lowest BCUT2D eigenvalue weighted by Gasteiger charge is -2.31. The van der Waals surface area contributed by atoms with Crippen LogP contribution in [0.3, 0.4) is 0 Å². The zero-order valence-electron chi connectivity index (χ0n) is 19.5. The van der Waals surface area contributed by atoms with Gasteiger partial charge in [-0.05, 0) is 44.7 Å². The Labute approximate surface area is 195 Å². The molecule has 0 bridgehead atoms. The van der Waals surface area contributed by atoms with Gasteiger partial charge in [-0.1, -0.05) is 19.3 Å². The van der Waals surface area contributed by atoms with Crippen molar-refractivity contribution in [1.29, 1.82) is 0 Å². The van der Waals surface area contributed by atoms with Crippen molar-refractivity contribution in [3.8, 4) is 11.5 Å². The lowest BCUT2D eigenvalue weighted by Crippen LogP contribution is -2.44. The zero-order chi connectivity index (χ0) is 24.0. The number of ether oxygens (including phenoxy) is 3. The maximum absolute atomic E-state index is 13.0. The van der Waals surface area contributed by atoms with Gasteiger partial charge in [-0.3, -0.25) is 9.59 Å². The van der Waals surface area contributed by atoms with E-state index >= 15 is 0 Å². The number of hydrogen-bond donors (Lipinski definition) is 1. The summed E-state index contributed by atoms with van der Waals surface area (Å²) in [6, 6.07) is 4.61. The van der Waals surface area contributed by atoms with Gasteiger partial charge < -0.3 is 19.5 Å². The van der Waals surface area contributed by atoms with Gasteiger partial charge in [-0.2, -0.15) is 4.31 Å². The van der Waals surface area contributed by atoms with Gasteiger partial charge in [-0.15, -0.1) is 0 Å². The fraction of sp³-hybridized carbons (Fsp3) is 0.652. The van der Waals surface area contributed by atoms with Gasteiger partial charge in [-0.25, -0.2) is 8.42 Å². The summed E-state index contributed by atoms with van der Waals surface area (Å²) in [4.78, 5) is 25.1. The molecule has 3 rings (SSSR count). The predicted octanol–water partition coefficient (Wildman–Crippen LogP) is 2.49. The Hall–Kier alpha value is -2.33. The molecule has 1 aromatic rings. The molecule has 0 spiro atoms. The molecule has 10 heteroatoms. The van der Waals surface area contributed by atoms with E-state index < -0.39 is 28.0 Å². The first-order valence-corrected chi connectivity index (χ1v) is 12.9. The van der Waals surface area contributed by atoms with E-state index in [0.29, 0.717) is 24.3 Å². The number of methoxy groups -OCH3 is 2. The largest absolute Gasteiger partial charge is 0.493 e. The Morgan fingerprint density at radius 1 is 1.00 bits per heavy atom. The van der Waals surface area contributed by atoms with Crippen molar-refractivity contribution >= 4 is 21.9 Å². The van der Waals surface area contributed by atoms with Crippen LogP contribution in [0.2, 0.25) is 0 Å². The summed E-state index contributed by atoms with van der Waals surface area (Å²) in [6.45, 7) is 1.96. The maximum Gasteiger partial charge on any atom is 0.309 e. The number of amides is 1. The second-order valence-electron chi connectivity index (χ2n) is 8.62. The van der Waals surface area contributed by atoms with Crippen molar-refractivity contribution in [1.82, 2.24) is 9.62 Å². The molecule has 2 aliphatic rings. The molecule has 1 N–H and O–H groups in total. The number of esters is 1. The van der Waals surface area contributed by atoms with Gasteiger partial charge in [0.05, 0.1) is 25.0 Å². The molecule has 0 unspecified atom stereocenters. The van der Waals surface area contributed by atoms with Gasteiger partial charge in [0.15, 0.2) is 17.6 Å². The van der Waals surface area contributed by atoms with E-state index in [1.54, 1.807) is 13.0 Å². The number of hydrogen-bond acceptors (Lipinski definition) is 7. The maximum atomic E-state index is 13.0. The van der Waals surface area contributed by atoms with Crippen molar-refractivity contribution in [3.05, 3.63) is 18.2 Å². The van der Waals surface area contributed by atoms with Crippen LogP contribution in [0.5, 0.6) is 11.5 Å². The van der Waals surface area contributed by atoms with E-state index in [2.05, 4.69) is 5.32 Å². The summed E-state index contributed by atoms with van der Waals surface area (Å²) in [6.07, 6.45) is 5.11. The van der Waals surface area contributed by atoms with Crippen LogP contribution in [0.25, 0.3) is 0 Å². The highest BCUT2D eigenvalue weighted by atomic mass is 32.2. The van der Waals surface area contributed by atoms with Crippen LogP contribution in [0, 0.1) is 5.92 Å². The Morgan fingerprint density at radius 3 is 2.24 bits per heavy atom. The third kappa shape index (κ3) is 6.17. The minimum atomic E-state index is -3.74. The molecule has 1 amide bonds. The topological polar surface area (TPSA) is 111 Å². The van der Waals surface area contributed by atoms with Crippen LogP contribution < -0.4 is 14.8 Å². The van der Waals surface area contributed by atoms with Crippen LogP contribution in [0.15, 0.2) is 23.1 Å². The van der Waals surface area contributed by atoms with Gasteiger partial charge in [0.25, 0.3) is 5.91 Å². The van der Waals surface area contributed by atoms with Crippen LogP contribution in [0.4, 0.5) is 0 Å². The lowest BCUT2D eigenvalue weighted by molar-refractivity contribution is -0.160. The number of rotatable bonds is 8. The average molecular weight is 483 g/mol. The van der Waals surface area contributed by atoms with Crippen LogP contribution in [-0.4, -0.2) is 64.1 Å². The molecule has 9 nitrogen and oxygen atoms in total. The van der Waals surface area contributed by atoms with Crippen molar-refractivity contribution in [2.24, 2.45) is 5.92 Å². The molecule has 0 aromatic heterocycles. The van der Waals surface area contributed by atoms with E-state index in [1.807, 2.05) is 0 Å². The molecular weight excluding hydrogens is 448 g/mol. The third-order valence-corrected chi connectivity index (χ3v) is 8.29. The minimum absolute atomic E-state index is 0.106. The van der Waals surface area contributed by atoms with Gasteiger partial charge >= 0.3 is 5.97 Å². The molecule has 184 valence electrons. The number of nitrogens with one attached hydrogen (secondary N) is 1. The summed E-state index contributed by atoms with van der Waals surface area (Å²) in [5.74, 6) is -0.392. The fourth-order valence-electron chi connectivity index (χ4n) is 4.35. The van der Waals surface area contributed by atoms with Gasteiger partial charge in [0.2, 0.25) is 10.0 Å². The van der Waals surface area contributed by atoms with Crippen LogP contribution in [0.1, 0.15) is 51.9 Å². The monoisotopic (exact) mass is 482 g/mol. The van der Waals surface area contributed by atoms with Crippen LogP contribution >= 0.6 is 0 Å². The normalized spacial score (nSPS) is 19.5. The van der Waals surface area contributed by atoms with Crippen molar-refractivity contribution in [2.45, 2.75) is 68.9 Å². The average Bonchev–Trinajstić information content (AvgIpc) is 2.84. The minimum Gasteiger partial charge on any atom is -0.493 e. The van der Waals surface area contributed by atoms with E-state index in [9.17, 15) is 18.0 Å². The van der Waals surface area contributed by atoms with Gasteiger partial charge in [0.1, 0.15) is 0 Å². The molecule has 1 saturated carbocycles. The molecule has 1 aliphatic carbocycles. The number of nitrogens with zero attached hydrogens (tertiary/aromatic N) is 1. The zero-order valence-corrected chi connectivity index (χ0v) is 20.4. The number of benzene rings is 1. The SMILES string of the molecule is COc1ccc(S(=O)(=O)N2CCC(C(=O)O[C@@H](C)C(=O)NC3CCCCC3)CC2)cc1OC. The Kier molecular flexibility index (Phi) is 8.58. The highest BCUT2D eigenvalue weighted by molar-refractivity contribution is 7.89. The molecule has 1 atom stereocenters. The molecule has 0 radical (unpaired) electrons. The molecule has 1 aliphatic heterocycles. The summed E-state index contributed by atoms with van der Waals surface area (Å²) < 4.78 is 43.2. The van der Waals surface area contributed by atoms with Crippen molar-refractivity contribution in [2.75, 3.05) is 27.3 Å². The van der Waals surface area contributed by atoms with E-state index in [4.69, 9.17) is 14.2 Å². The number of carbonyl (C=O) groups excluding carboxylic acids is 2. The first kappa shape index (κ1) is 25.3. The predicted molar refractivity (Wildman–Crippen MR) is 122 cm³/mol. The van der Waals surface area contributed by atoms with Crippen molar-refractivity contribution < 1.29 is 32.2 Å². The fourth-order valence-corrected chi connectivity index (χ4v) is 5.83. The summed E-state index contributed by atoms with van der Waals surface area (Å²) >= 11 is 0. The number of carbonyl (C=O) groups is 2. The quantitative estimate of drug-likeness (QED) is 0.567. The summed E-state index contributed by atoms with van der Waals surface area (Å²) in [7, 11) is -0.811. The molecule has 1 saturated heterocycles. The highest BCUT2D eigenvalue weighted by Crippen LogP contribution is 2.32. The molecule has 1 aromatic carbocycles. The van der Waals surface area contributed by atoms with Gasteiger partial charge in [0, 0.05) is 25.2 Å². The first-order chi connectivity index (χ1) is 15.8. The van der Waals surface area contributed by atoms with E-state index in [0.717, 1.165) is 25.7 Å². The molecule has 2 fully saturated rings. The third-order valence-electron chi connectivity index (χ3n) is 6.39.